The molecule has 0 amide bonds. The average molecular weight is 404 g/mol. The van der Waals surface area contributed by atoms with Gasteiger partial charge >= 0.3 is 11.9 Å². The molecule has 0 saturated carbocycles. The Morgan fingerprint density at radius 2 is 1.86 bits per heavy atom. The number of aromatic hydroxyl groups is 1. The van der Waals surface area contributed by atoms with Gasteiger partial charge < -0.3 is 24.8 Å². The molecule has 2 rings (SSSR count). The Kier molecular flexibility index (Phi) is 7.45. The summed E-state index contributed by atoms with van der Waals surface area (Å²) in [5, 5.41) is 29.1. The molecule has 158 valence electrons. The summed E-state index contributed by atoms with van der Waals surface area (Å²) in [6, 6.07) is 0. The van der Waals surface area contributed by atoms with Crippen molar-refractivity contribution in [3.63, 3.8) is 0 Å². The highest BCUT2D eigenvalue weighted by atomic mass is 16.5. The van der Waals surface area contributed by atoms with E-state index < -0.39 is 17.9 Å². The summed E-state index contributed by atoms with van der Waals surface area (Å²) < 4.78 is 10.5. The second kappa shape index (κ2) is 9.60. The molecule has 7 nitrogen and oxygen atoms in total. The number of hydrogen-bond donors (Lipinski definition) is 3. The number of aliphatic hydroxyl groups is 1. The zero-order chi connectivity index (χ0) is 21.7. The first-order valence-electron chi connectivity index (χ1n) is 9.44. The molecule has 0 unspecified atom stereocenters. The van der Waals surface area contributed by atoms with E-state index in [1.165, 1.54) is 7.11 Å². The van der Waals surface area contributed by atoms with Crippen molar-refractivity contribution >= 4 is 11.9 Å². The van der Waals surface area contributed by atoms with Crippen LogP contribution < -0.4 is 4.74 Å². The van der Waals surface area contributed by atoms with E-state index >= 15 is 0 Å². The van der Waals surface area contributed by atoms with E-state index in [1.807, 2.05) is 19.9 Å². The molecule has 0 aliphatic carbocycles. The number of esters is 1. The Hall–Kier alpha value is -2.80. The van der Waals surface area contributed by atoms with Crippen LogP contribution in [0.3, 0.4) is 0 Å². The second-order valence-corrected chi connectivity index (χ2v) is 7.35. The second-order valence-electron chi connectivity index (χ2n) is 7.35. The van der Waals surface area contributed by atoms with E-state index in [0.29, 0.717) is 36.1 Å². The van der Waals surface area contributed by atoms with Gasteiger partial charge in [0.1, 0.15) is 23.7 Å². The Labute approximate surface area is 170 Å². The van der Waals surface area contributed by atoms with Crippen LogP contribution in [-0.4, -0.2) is 41.0 Å². The van der Waals surface area contributed by atoms with Crippen LogP contribution in [0, 0.1) is 12.8 Å². The van der Waals surface area contributed by atoms with Gasteiger partial charge in [-0.2, -0.15) is 0 Å². The smallest absolute Gasteiger partial charge is 0.342 e. The van der Waals surface area contributed by atoms with Crippen LogP contribution in [0.5, 0.6) is 11.5 Å². The van der Waals surface area contributed by atoms with Gasteiger partial charge in [0.15, 0.2) is 0 Å². The number of carbonyl (C=O) groups excluding carboxylic acids is 1. The van der Waals surface area contributed by atoms with Crippen LogP contribution in [0.2, 0.25) is 0 Å². The van der Waals surface area contributed by atoms with E-state index in [-0.39, 0.29) is 24.5 Å². The third-order valence-corrected chi connectivity index (χ3v) is 5.23. The highest BCUT2D eigenvalue weighted by Gasteiger charge is 2.31. The number of fused-ring (bicyclic) bond motifs is 1. The van der Waals surface area contributed by atoms with Crippen LogP contribution in [0.1, 0.15) is 53.7 Å². The predicted octanol–water partition coefficient (Wildman–Crippen LogP) is 3.29. The number of aliphatic carboxylic acids is 1. The number of phenolic OH excluding ortho intramolecular Hbond substituents is 1. The molecule has 0 aromatic heterocycles. The van der Waals surface area contributed by atoms with E-state index in [4.69, 9.17) is 14.6 Å². The van der Waals surface area contributed by atoms with Gasteiger partial charge in [-0.25, -0.2) is 4.79 Å². The summed E-state index contributed by atoms with van der Waals surface area (Å²) in [7, 11) is 1.50. The molecule has 0 fully saturated rings. The van der Waals surface area contributed by atoms with Crippen molar-refractivity contribution in [1.82, 2.24) is 0 Å². The number of allylic oxidation sites excluding steroid dienone is 3. The van der Waals surface area contributed by atoms with Gasteiger partial charge in [-0.3, -0.25) is 4.79 Å². The molecule has 1 aromatic rings. The lowest BCUT2D eigenvalue weighted by atomic mass is 9.91. The molecule has 1 aliphatic rings. The van der Waals surface area contributed by atoms with Crippen LogP contribution in [0.15, 0.2) is 23.3 Å². The quantitative estimate of drug-likeness (QED) is 0.427. The molecule has 1 aliphatic heterocycles. The lowest BCUT2D eigenvalue weighted by Gasteiger charge is -2.16. The molecule has 1 atom stereocenters. The van der Waals surface area contributed by atoms with Gasteiger partial charge in [0.2, 0.25) is 0 Å². The van der Waals surface area contributed by atoms with Gasteiger partial charge in [-0.15, -0.1) is 0 Å². The maximum atomic E-state index is 12.0. The first-order chi connectivity index (χ1) is 13.7. The number of aliphatic hydroxyl groups excluding tert-OH is 1. The first kappa shape index (κ1) is 22.5. The largest absolute Gasteiger partial charge is 0.507 e. The van der Waals surface area contributed by atoms with E-state index in [0.717, 1.165) is 16.7 Å². The Bertz CT molecular complexity index is 865. The third-order valence-electron chi connectivity index (χ3n) is 5.23. The Morgan fingerprint density at radius 3 is 2.41 bits per heavy atom. The number of benzene rings is 1. The minimum atomic E-state index is -0.903. The number of hydrogen-bond acceptors (Lipinski definition) is 6. The maximum Gasteiger partial charge on any atom is 0.342 e. The monoisotopic (exact) mass is 404 g/mol. The number of rotatable bonds is 9. The zero-order valence-corrected chi connectivity index (χ0v) is 17.2. The van der Waals surface area contributed by atoms with E-state index in [2.05, 4.69) is 0 Å². The molecule has 7 heteroatoms. The lowest BCUT2D eigenvalue weighted by molar-refractivity contribution is -0.141. The minimum Gasteiger partial charge on any atom is -0.507 e. The molecule has 0 saturated heterocycles. The molecule has 3 N–H and O–H groups in total. The number of phenols is 1. The molecular formula is C22H28O7. The fraction of sp³-hybridized carbons (Fsp3) is 0.455. The minimum absolute atomic E-state index is 0.111. The first-order valence-corrected chi connectivity index (χ1v) is 9.44. The fourth-order valence-electron chi connectivity index (χ4n) is 3.65. The van der Waals surface area contributed by atoms with Crippen molar-refractivity contribution in [1.29, 1.82) is 0 Å². The van der Waals surface area contributed by atoms with Crippen LogP contribution >= 0.6 is 0 Å². The molecule has 29 heavy (non-hydrogen) atoms. The van der Waals surface area contributed by atoms with Crippen LogP contribution in [0.4, 0.5) is 0 Å². The van der Waals surface area contributed by atoms with Gasteiger partial charge in [0.25, 0.3) is 0 Å². The van der Waals surface area contributed by atoms with Gasteiger partial charge in [0, 0.05) is 11.1 Å². The number of ether oxygens (including phenoxy) is 2. The highest BCUT2D eigenvalue weighted by Crippen LogP contribution is 2.42. The highest BCUT2D eigenvalue weighted by molar-refractivity contribution is 5.98. The van der Waals surface area contributed by atoms with Gasteiger partial charge in [-0.1, -0.05) is 23.3 Å². The number of carboxylic acids is 1. The summed E-state index contributed by atoms with van der Waals surface area (Å²) in [6.07, 6.45) is 4.41. The topological polar surface area (TPSA) is 113 Å². The molecule has 0 bridgehead atoms. The third kappa shape index (κ3) is 4.98. The SMILES string of the molecule is COc1c(C)c2c(c(O)c1C/C=C(\C)C[C@H](C/C(C)=C/CO)C(=O)O)C(=O)OC2. The van der Waals surface area contributed by atoms with Crippen molar-refractivity contribution in [3.05, 3.63) is 45.6 Å². The predicted molar refractivity (Wildman–Crippen MR) is 107 cm³/mol. The van der Waals surface area contributed by atoms with Crippen molar-refractivity contribution in [2.75, 3.05) is 13.7 Å². The number of cyclic esters (lactones) is 1. The molecule has 0 spiro atoms. The summed E-state index contributed by atoms with van der Waals surface area (Å²) in [4.78, 5) is 23.6. The Morgan fingerprint density at radius 1 is 1.24 bits per heavy atom. The molecule has 1 heterocycles. The molecule has 0 radical (unpaired) electrons. The summed E-state index contributed by atoms with van der Waals surface area (Å²) in [5.74, 6) is -1.71. The number of carbonyl (C=O) groups is 2. The lowest BCUT2D eigenvalue weighted by Crippen LogP contribution is -2.14. The summed E-state index contributed by atoms with van der Waals surface area (Å²) >= 11 is 0. The van der Waals surface area contributed by atoms with E-state index in [9.17, 15) is 19.8 Å². The maximum absolute atomic E-state index is 12.0. The summed E-state index contributed by atoms with van der Waals surface area (Å²) in [6.45, 7) is 5.43. The van der Waals surface area contributed by atoms with Crippen molar-refractivity contribution in [3.8, 4) is 11.5 Å². The Balaban J connectivity index is 2.27. The van der Waals surface area contributed by atoms with Crippen molar-refractivity contribution in [2.45, 2.75) is 46.6 Å². The van der Waals surface area contributed by atoms with Crippen molar-refractivity contribution < 1.29 is 34.4 Å². The zero-order valence-electron chi connectivity index (χ0n) is 17.2. The normalized spacial score (nSPS) is 15.1. The standard InChI is InChI=1S/C22H28O7/c1-12(9-15(21(25)26)10-13(2)7-8-23)5-6-16-19(24)18-17(11-29-22(18)27)14(3)20(16)28-4/h5,7,15,23-24H,6,8-11H2,1-4H3,(H,25,26)/b12-5+,13-7+/t15-/m1/s1. The fourth-order valence-corrected chi connectivity index (χ4v) is 3.65. The average Bonchev–Trinajstić information content (AvgIpc) is 3.05. The van der Waals surface area contributed by atoms with E-state index in [1.54, 1.807) is 13.0 Å². The van der Waals surface area contributed by atoms with Crippen molar-refractivity contribution in [2.24, 2.45) is 5.92 Å². The molecule has 1 aromatic carbocycles. The number of methoxy groups -OCH3 is 1. The molecular weight excluding hydrogens is 376 g/mol. The number of carboxylic acid groups (broad SMARTS) is 1. The van der Waals surface area contributed by atoms with Crippen LogP contribution in [-0.2, 0) is 22.6 Å². The van der Waals surface area contributed by atoms with Gasteiger partial charge in [-0.05, 0) is 45.6 Å². The summed E-state index contributed by atoms with van der Waals surface area (Å²) in [5.41, 5.74) is 3.70. The van der Waals surface area contributed by atoms with Crippen LogP contribution in [0.25, 0.3) is 0 Å². The van der Waals surface area contributed by atoms with Gasteiger partial charge in [0.05, 0.1) is 19.6 Å².